The van der Waals surface area contributed by atoms with E-state index >= 15 is 0 Å². The average molecular weight is 588 g/mol. The van der Waals surface area contributed by atoms with Crippen LogP contribution in [-0.4, -0.2) is 30.4 Å². The number of ether oxygens (including phenoxy) is 2. The third-order valence-electron chi connectivity index (χ3n) is 5.68. The van der Waals surface area contributed by atoms with E-state index < -0.39 is 58.4 Å². The Morgan fingerprint density at radius 2 is 1.57 bits per heavy atom. The standard InChI is InChI=1S/C27H25F4N7O4/c1-14-4-6-15(7-5-14)13-41-16-8-10-17(11-9-16)42-26(40)18(32)3-2-12-35-27(33)36-25(39)19-20(28)22(30)24(37-38-34)23(31)21(19)29/h4-11,18H,2-3,12-13,32H2,1H3,(H3,33,35,36,39). The smallest absolute Gasteiger partial charge is 0.328 e. The van der Waals surface area contributed by atoms with Crippen LogP contribution >= 0.6 is 0 Å². The van der Waals surface area contributed by atoms with Crippen LogP contribution in [0.25, 0.3) is 10.4 Å². The van der Waals surface area contributed by atoms with Crippen molar-refractivity contribution in [3.8, 4) is 11.5 Å². The number of nitrogens with zero attached hydrogens (tertiary/aromatic N) is 4. The van der Waals surface area contributed by atoms with Gasteiger partial charge in [-0.05, 0) is 55.1 Å². The number of hydrogen-bond acceptors (Lipinski definition) is 7. The monoisotopic (exact) mass is 587 g/mol. The molecule has 1 atom stereocenters. The van der Waals surface area contributed by atoms with Crippen LogP contribution in [0.3, 0.4) is 0 Å². The number of halogens is 4. The highest BCUT2D eigenvalue weighted by Gasteiger charge is 2.29. The van der Waals surface area contributed by atoms with Crippen molar-refractivity contribution in [1.82, 2.24) is 5.32 Å². The fraction of sp³-hybridized carbons (Fsp3) is 0.222. The van der Waals surface area contributed by atoms with Crippen molar-refractivity contribution in [3.05, 3.63) is 98.9 Å². The van der Waals surface area contributed by atoms with Gasteiger partial charge in [0.25, 0.3) is 5.91 Å². The van der Waals surface area contributed by atoms with Gasteiger partial charge in [-0.15, -0.1) is 0 Å². The highest BCUT2D eigenvalue weighted by Crippen LogP contribution is 2.30. The largest absolute Gasteiger partial charge is 0.489 e. The zero-order valence-corrected chi connectivity index (χ0v) is 22.1. The fourth-order valence-electron chi connectivity index (χ4n) is 3.45. The van der Waals surface area contributed by atoms with Crippen molar-refractivity contribution in [1.29, 1.82) is 0 Å². The van der Waals surface area contributed by atoms with E-state index in [2.05, 4.69) is 15.0 Å². The van der Waals surface area contributed by atoms with E-state index in [4.69, 9.17) is 26.5 Å². The molecule has 3 rings (SSSR count). The Labute approximate surface area is 236 Å². The molecule has 15 heteroatoms. The Morgan fingerprint density at radius 3 is 2.17 bits per heavy atom. The molecule has 0 aromatic heterocycles. The average Bonchev–Trinajstić information content (AvgIpc) is 2.97. The topological polar surface area (TPSA) is 178 Å². The summed E-state index contributed by atoms with van der Waals surface area (Å²) in [5.74, 6) is -10.4. The first kappa shape index (κ1) is 31.4. The van der Waals surface area contributed by atoms with Gasteiger partial charge < -0.3 is 20.9 Å². The van der Waals surface area contributed by atoms with Crippen molar-refractivity contribution >= 4 is 23.5 Å². The van der Waals surface area contributed by atoms with Crippen molar-refractivity contribution < 1.29 is 36.6 Å². The van der Waals surface area contributed by atoms with E-state index in [0.717, 1.165) is 11.1 Å². The van der Waals surface area contributed by atoms with Crippen LogP contribution in [0.1, 0.15) is 34.3 Å². The molecule has 0 aliphatic carbocycles. The molecule has 0 fully saturated rings. The number of aryl methyl sites for hydroxylation is 1. The number of guanidine groups is 1. The summed E-state index contributed by atoms with van der Waals surface area (Å²) in [5, 5.41) is 4.32. The second-order valence-electron chi connectivity index (χ2n) is 8.81. The molecule has 0 aliphatic rings. The van der Waals surface area contributed by atoms with E-state index in [1.54, 1.807) is 29.6 Å². The van der Waals surface area contributed by atoms with Crippen LogP contribution < -0.4 is 26.3 Å². The van der Waals surface area contributed by atoms with Crippen LogP contribution in [0.2, 0.25) is 0 Å². The summed E-state index contributed by atoms with van der Waals surface area (Å²) in [7, 11) is 0. The Kier molecular flexibility index (Phi) is 10.8. The minimum Gasteiger partial charge on any atom is -0.489 e. The summed E-state index contributed by atoms with van der Waals surface area (Å²) in [6.45, 7) is 2.29. The normalized spacial score (nSPS) is 11.8. The molecule has 1 amide bonds. The highest BCUT2D eigenvalue weighted by atomic mass is 19.2. The van der Waals surface area contributed by atoms with Gasteiger partial charge in [-0.3, -0.25) is 15.1 Å². The predicted octanol–water partition coefficient (Wildman–Crippen LogP) is 4.83. The van der Waals surface area contributed by atoms with E-state index in [1.807, 2.05) is 31.2 Å². The molecular formula is C27H25F4N7O4. The molecule has 5 N–H and O–H groups in total. The van der Waals surface area contributed by atoms with E-state index in [1.165, 1.54) is 0 Å². The predicted molar refractivity (Wildman–Crippen MR) is 144 cm³/mol. The van der Waals surface area contributed by atoms with Crippen molar-refractivity contribution in [2.45, 2.75) is 32.4 Å². The maximum absolute atomic E-state index is 14.1. The first-order chi connectivity index (χ1) is 20.0. The van der Waals surface area contributed by atoms with Gasteiger partial charge in [-0.25, -0.2) is 22.4 Å². The minimum atomic E-state index is -2.09. The molecule has 0 saturated carbocycles. The molecule has 220 valence electrons. The lowest BCUT2D eigenvalue weighted by Gasteiger charge is -2.12. The number of rotatable bonds is 11. The Hall–Kier alpha value is -5.14. The molecule has 0 spiro atoms. The van der Waals surface area contributed by atoms with Crippen LogP contribution in [0.5, 0.6) is 11.5 Å². The number of carbonyl (C=O) groups excluding carboxylic acids is 2. The summed E-state index contributed by atoms with van der Waals surface area (Å²) < 4.78 is 67.0. The van der Waals surface area contributed by atoms with Crippen LogP contribution in [0.4, 0.5) is 23.2 Å². The molecule has 0 bridgehead atoms. The number of amides is 1. The molecule has 42 heavy (non-hydrogen) atoms. The van der Waals surface area contributed by atoms with E-state index in [9.17, 15) is 27.2 Å². The third kappa shape index (κ3) is 8.19. The zero-order valence-electron chi connectivity index (χ0n) is 22.1. The lowest BCUT2D eigenvalue weighted by molar-refractivity contribution is -0.136. The first-order valence-electron chi connectivity index (χ1n) is 12.3. The number of esters is 1. The van der Waals surface area contributed by atoms with Gasteiger partial charge in [-0.2, -0.15) is 0 Å². The number of hydrogen-bond donors (Lipinski definition) is 3. The lowest BCUT2D eigenvalue weighted by Crippen LogP contribution is -2.38. The SMILES string of the molecule is Cc1ccc(COc2ccc(OC(=O)C(N)CCCN=C(N)NC(=O)c3c(F)c(F)c(N=[N+]=[N-])c(F)c3F)cc2)cc1. The lowest BCUT2D eigenvalue weighted by atomic mass is 10.1. The number of carbonyl (C=O) groups is 2. The fourth-order valence-corrected chi connectivity index (χ4v) is 3.45. The van der Waals surface area contributed by atoms with E-state index in [0.29, 0.717) is 12.4 Å². The summed E-state index contributed by atoms with van der Waals surface area (Å²) in [4.78, 5) is 30.2. The molecule has 0 saturated heterocycles. The molecule has 0 aliphatic heterocycles. The summed E-state index contributed by atoms with van der Waals surface area (Å²) in [6.07, 6.45) is 0.285. The van der Waals surface area contributed by atoms with Gasteiger partial charge >= 0.3 is 5.97 Å². The second kappa shape index (κ2) is 14.5. The van der Waals surface area contributed by atoms with Crippen LogP contribution in [0, 0.1) is 30.2 Å². The van der Waals surface area contributed by atoms with Crippen molar-refractivity contribution in [2.75, 3.05) is 6.54 Å². The highest BCUT2D eigenvalue weighted by molar-refractivity contribution is 6.05. The molecule has 1 unspecified atom stereocenters. The molecule has 11 nitrogen and oxygen atoms in total. The zero-order chi connectivity index (χ0) is 30.8. The van der Waals surface area contributed by atoms with Crippen molar-refractivity contribution in [3.63, 3.8) is 0 Å². The Bertz CT molecular complexity index is 1500. The Morgan fingerprint density at radius 1 is 0.976 bits per heavy atom. The van der Waals surface area contributed by atoms with Gasteiger partial charge in [0.2, 0.25) is 0 Å². The molecular weight excluding hydrogens is 562 g/mol. The quantitative estimate of drug-likeness (QED) is 0.0276. The number of nitrogens with one attached hydrogen (secondary N) is 1. The maximum atomic E-state index is 14.1. The molecule has 0 radical (unpaired) electrons. The van der Waals surface area contributed by atoms with Crippen molar-refractivity contribution in [2.24, 2.45) is 21.6 Å². The van der Waals surface area contributed by atoms with Crippen LogP contribution in [-0.2, 0) is 11.4 Å². The number of aliphatic imine (C=N–C) groups is 1. The molecule has 3 aromatic rings. The first-order valence-corrected chi connectivity index (χ1v) is 12.3. The molecule has 3 aromatic carbocycles. The maximum Gasteiger partial charge on any atom is 0.328 e. The van der Waals surface area contributed by atoms with Crippen LogP contribution in [0.15, 0.2) is 58.6 Å². The van der Waals surface area contributed by atoms with Gasteiger partial charge in [0, 0.05) is 11.5 Å². The number of azide groups is 1. The molecule has 0 heterocycles. The summed E-state index contributed by atoms with van der Waals surface area (Å²) >= 11 is 0. The number of nitrogens with two attached hydrogens (primary N) is 2. The minimum absolute atomic E-state index is 0.0797. The second-order valence-corrected chi connectivity index (χ2v) is 8.81. The van der Waals surface area contributed by atoms with Gasteiger partial charge in [0.05, 0.1) is 0 Å². The van der Waals surface area contributed by atoms with Gasteiger partial charge in [-0.1, -0.05) is 34.9 Å². The summed E-state index contributed by atoms with van der Waals surface area (Å²) in [6, 6.07) is 13.3. The van der Waals surface area contributed by atoms with E-state index in [-0.39, 0.29) is 25.1 Å². The van der Waals surface area contributed by atoms with Gasteiger partial charge in [0.15, 0.2) is 29.2 Å². The summed E-state index contributed by atoms with van der Waals surface area (Å²) in [5.41, 5.74) is 18.6. The third-order valence-corrected chi connectivity index (χ3v) is 5.68. The number of benzene rings is 3. The van der Waals surface area contributed by atoms with Gasteiger partial charge in [0.1, 0.15) is 35.4 Å². The Balaban J connectivity index is 1.45.